The Balaban J connectivity index is 1.79. The second kappa shape index (κ2) is 3.73. The van der Waals surface area contributed by atoms with Crippen LogP contribution in [-0.4, -0.2) is 35.1 Å². The number of piperidine rings is 1. The minimum atomic E-state index is -0.598. The first kappa shape index (κ1) is 10.6. The average molecular weight is 223 g/mol. The van der Waals surface area contributed by atoms with Crippen LogP contribution in [0.4, 0.5) is 0 Å². The van der Waals surface area contributed by atoms with Gasteiger partial charge in [0, 0.05) is 18.5 Å². The zero-order valence-corrected chi connectivity index (χ0v) is 9.93. The van der Waals surface area contributed by atoms with E-state index in [1.54, 1.807) is 0 Å². The first-order valence-electron chi connectivity index (χ1n) is 6.60. The van der Waals surface area contributed by atoms with Crippen molar-refractivity contribution < 1.29 is 9.90 Å². The summed E-state index contributed by atoms with van der Waals surface area (Å²) in [6.45, 7) is 0. The third-order valence-corrected chi connectivity index (χ3v) is 5.06. The summed E-state index contributed by atoms with van der Waals surface area (Å²) in [4.78, 5) is 13.5. The number of carboxylic acid groups (broad SMARTS) is 1. The summed E-state index contributed by atoms with van der Waals surface area (Å²) in [5.41, 5.74) is 0. The fraction of sp³-hybridized carbons (Fsp3) is 0.923. The number of carbonyl (C=O) groups is 1. The summed E-state index contributed by atoms with van der Waals surface area (Å²) in [5, 5.41) is 9.03. The van der Waals surface area contributed by atoms with Gasteiger partial charge in [-0.1, -0.05) is 0 Å². The molecule has 0 aromatic carbocycles. The van der Waals surface area contributed by atoms with Gasteiger partial charge < -0.3 is 10.0 Å². The first-order chi connectivity index (χ1) is 7.66. The highest BCUT2D eigenvalue weighted by Gasteiger charge is 2.50. The monoisotopic (exact) mass is 223 g/mol. The lowest BCUT2D eigenvalue weighted by Crippen LogP contribution is -2.47. The minimum Gasteiger partial charge on any atom is -0.481 e. The first-order valence-corrected chi connectivity index (χ1v) is 6.60. The van der Waals surface area contributed by atoms with Crippen LogP contribution in [-0.2, 0) is 4.79 Å². The van der Waals surface area contributed by atoms with Crippen LogP contribution in [0.3, 0.4) is 0 Å². The summed E-state index contributed by atoms with van der Waals surface area (Å²) < 4.78 is 0. The molecule has 0 aromatic rings. The van der Waals surface area contributed by atoms with E-state index in [1.165, 1.54) is 25.7 Å². The molecule has 2 aliphatic heterocycles. The third-order valence-electron chi connectivity index (χ3n) is 5.06. The summed E-state index contributed by atoms with van der Waals surface area (Å²) in [6, 6.07) is 1.36. The molecule has 0 amide bonds. The van der Waals surface area contributed by atoms with E-state index >= 15 is 0 Å². The Labute approximate surface area is 96.8 Å². The van der Waals surface area contributed by atoms with Crippen molar-refractivity contribution in [3.05, 3.63) is 0 Å². The largest absolute Gasteiger partial charge is 0.481 e. The molecule has 4 atom stereocenters. The van der Waals surface area contributed by atoms with Crippen LogP contribution in [0, 0.1) is 17.8 Å². The Bertz CT molecular complexity index is 300. The van der Waals surface area contributed by atoms with Crippen LogP contribution in [0.2, 0.25) is 0 Å². The van der Waals surface area contributed by atoms with Crippen LogP contribution >= 0.6 is 0 Å². The van der Waals surface area contributed by atoms with Gasteiger partial charge in [-0.3, -0.25) is 4.79 Å². The van der Waals surface area contributed by atoms with Crippen LogP contribution in [0.25, 0.3) is 0 Å². The van der Waals surface area contributed by atoms with Crippen LogP contribution < -0.4 is 0 Å². The minimum absolute atomic E-state index is 0.405. The number of aliphatic carboxylic acids is 1. The van der Waals surface area contributed by atoms with Crippen molar-refractivity contribution in [1.82, 2.24) is 4.90 Å². The van der Waals surface area contributed by atoms with Gasteiger partial charge in [0.15, 0.2) is 0 Å². The Kier molecular flexibility index (Phi) is 2.46. The number of rotatable bonds is 3. The zero-order valence-electron chi connectivity index (χ0n) is 9.93. The molecule has 1 saturated carbocycles. The van der Waals surface area contributed by atoms with Crippen molar-refractivity contribution in [2.75, 3.05) is 7.05 Å². The molecule has 0 spiro atoms. The highest BCUT2D eigenvalue weighted by Crippen LogP contribution is 2.52. The van der Waals surface area contributed by atoms with Gasteiger partial charge in [0.25, 0.3) is 0 Å². The molecule has 4 unspecified atom stereocenters. The Hall–Kier alpha value is -0.570. The summed E-state index contributed by atoms with van der Waals surface area (Å²) in [6.07, 6.45) is 6.81. The maximum atomic E-state index is 11.0. The fourth-order valence-electron chi connectivity index (χ4n) is 4.23. The molecule has 2 bridgehead atoms. The van der Waals surface area contributed by atoms with Crippen molar-refractivity contribution in [1.29, 1.82) is 0 Å². The van der Waals surface area contributed by atoms with Gasteiger partial charge in [0.2, 0.25) is 0 Å². The molecule has 3 rings (SSSR count). The highest BCUT2D eigenvalue weighted by atomic mass is 16.4. The van der Waals surface area contributed by atoms with E-state index in [1.807, 2.05) is 0 Å². The Morgan fingerprint density at radius 1 is 1.31 bits per heavy atom. The van der Waals surface area contributed by atoms with Crippen molar-refractivity contribution in [2.45, 2.75) is 50.6 Å². The molecule has 3 aliphatic rings. The lowest BCUT2D eigenvalue weighted by Gasteiger charge is -2.43. The van der Waals surface area contributed by atoms with E-state index in [-0.39, 0.29) is 0 Å². The maximum Gasteiger partial charge on any atom is 0.303 e. The lowest BCUT2D eigenvalue weighted by atomic mass is 9.75. The highest BCUT2D eigenvalue weighted by molar-refractivity contribution is 5.67. The van der Waals surface area contributed by atoms with E-state index in [0.717, 1.165) is 12.3 Å². The predicted molar refractivity (Wildman–Crippen MR) is 61.1 cm³/mol. The molecule has 0 radical (unpaired) electrons. The molecule has 3 fully saturated rings. The smallest absolute Gasteiger partial charge is 0.303 e. The predicted octanol–water partition coefficient (Wildman–Crippen LogP) is 1.97. The topological polar surface area (TPSA) is 40.5 Å². The fourth-order valence-corrected chi connectivity index (χ4v) is 4.23. The average Bonchev–Trinajstić information content (AvgIpc) is 2.96. The van der Waals surface area contributed by atoms with Crippen LogP contribution in [0.1, 0.15) is 38.5 Å². The molecule has 1 aliphatic carbocycles. The van der Waals surface area contributed by atoms with Crippen molar-refractivity contribution in [2.24, 2.45) is 17.8 Å². The molecule has 2 heterocycles. The molecule has 1 N–H and O–H groups in total. The van der Waals surface area contributed by atoms with Gasteiger partial charge in [-0.05, 0) is 56.9 Å². The maximum absolute atomic E-state index is 11.0. The molecule has 90 valence electrons. The number of fused-ring (bicyclic) bond motifs is 2. The van der Waals surface area contributed by atoms with Crippen molar-refractivity contribution >= 4 is 5.97 Å². The second-order valence-corrected chi connectivity index (χ2v) is 5.97. The van der Waals surface area contributed by atoms with Gasteiger partial charge in [-0.15, -0.1) is 0 Å². The van der Waals surface area contributed by atoms with Gasteiger partial charge >= 0.3 is 5.97 Å². The van der Waals surface area contributed by atoms with E-state index in [9.17, 15) is 4.79 Å². The zero-order chi connectivity index (χ0) is 11.3. The van der Waals surface area contributed by atoms with Crippen molar-refractivity contribution in [3.8, 4) is 0 Å². The van der Waals surface area contributed by atoms with Crippen LogP contribution in [0.15, 0.2) is 0 Å². The lowest BCUT2D eigenvalue weighted by molar-refractivity contribution is -0.139. The molecule has 0 aromatic heterocycles. The molecular formula is C13H21NO2. The van der Waals surface area contributed by atoms with Crippen molar-refractivity contribution in [3.63, 3.8) is 0 Å². The van der Waals surface area contributed by atoms with E-state index < -0.39 is 5.97 Å². The quantitative estimate of drug-likeness (QED) is 0.795. The van der Waals surface area contributed by atoms with Gasteiger partial charge in [-0.2, -0.15) is 0 Å². The SMILES string of the molecule is CN1C2CCC1C(C1CC1)C(CC(=O)O)C2. The molecular weight excluding hydrogens is 202 g/mol. The van der Waals surface area contributed by atoms with Crippen LogP contribution in [0.5, 0.6) is 0 Å². The molecule has 3 nitrogen and oxygen atoms in total. The molecule has 16 heavy (non-hydrogen) atoms. The number of hydrogen-bond acceptors (Lipinski definition) is 2. The Morgan fingerprint density at radius 3 is 2.69 bits per heavy atom. The van der Waals surface area contributed by atoms with Gasteiger partial charge in [0.05, 0.1) is 0 Å². The molecule has 2 saturated heterocycles. The number of carboxylic acids is 1. The molecule has 3 heteroatoms. The summed E-state index contributed by atoms with van der Waals surface area (Å²) in [5.74, 6) is 1.38. The van der Waals surface area contributed by atoms with Gasteiger partial charge in [0.1, 0.15) is 0 Å². The standard InChI is InChI=1S/C13H21NO2/c1-14-10-4-5-11(14)13(8-2-3-8)9(6-10)7-12(15)16/h8-11,13H,2-7H2,1H3,(H,15,16). The number of nitrogens with zero attached hydrogens (tertiary/aromatic N) is 1. The second-order valence-electron chi connectivity index (χ2n) is 5.97. The van der Waals surface area contributed by atoms with Gasteiger partial charge in [-0.25, -0.2) is 0 Å². The number of hydrogen-bond donors (Lipinski definition) is 1. The third kappa shape index (κ3) is 1.65. The van der Waals surface area contributed by atoms with E-state index in [0.29, 0.717) is 30.3 Å². The summed E-state index contributed by atoms with van der Waals surface area (Å²) in [7, 11) is 2.24. The normalized spacial score (nSPS) is 43.6. The summed E-state index contributed by atoms with van der Waals surface area (Å²) >= 11 is 0. The van der Waals surface area contributed by atoms with E-state index in [4.69, 9.17) is 5.11 Å². The van der Waals surface area contributed by atoms with E-state index in [2.05, 4.69) is 11.9 Å². The Morgan fingerprint density at radius 2 is 2.06 bits per heavy atom.